The summed E-state index contributed by atoms with van der Waals surface area (Å²) < 4.78 is 0. The molecule has 0 radical (unpaired) electrons. The summed E-state index contributed by atoms with van der Waals surface area (Å²) in [6, 6.07) is 6.23. The number of likely N-dealkylation sites (N-methyl/N-ethyl adjacent to an activating group) is 1. The van der Waals surface area contributed by atoms with Gasteiger partial charge in [0.2, 0.25) is 0 Å². The van der Waals surface area contributed by atoms with Gasteiger partial charge < -0.3 is 5.32 Å². The predicted octanol–water partition coefficient (Wildman–Crippen LogP) is 1.87. The highest BCUT2D eigenvalue weighted by Gasteiger charge is 2.26. The van der Waals surface area contributed by atoms with Crippen molar-refractivity contribution in [2.75, 3.05) is 20.1 Å². The van der Waals surface area contributed by atoms with Gasteiger partial charge in [0.25, 0.3) is 5.69 Å². The van der Waals surface area contributed by atoms with Crippen LogP contribution in [0.2, 0.25) is 0 Å². The molecular weight excluding hydrogens is 230 g/mol. The van der Waals surface area contributed by atoms with E-state index in [1.807, 2.05) is 12.1 Å². The van der Waals surface area contributed by atoms with Crippen LogP contribution < -0.4 is 5.32 Å². The smallest absolute Gasteiger partial charge is 0.272 e. The quantitative estimate of drug-likeness (QED) is 0.653. The first-order chi connectivity index (χ1) is 8.50. The van der Waals surface area contributed by atoms with Crippen LogP contribution in [0.15, 0.2) is 18.2 Å². The highest BCUT2D eigenvalue weighted by Crippen LogP contribution is 2.27. The largest absolute Gasteiger partial charge is 0.314 e. The first-order valence-corrected chi connectivity index (χ1v) is 6.18. The SMILES string of the molecule is Cc1ccc(C(C)N(C)C2CNC2)cc1[N+](=O)[O-]. The van der Waals surface area contributed by atoms with E-state index in [0.29, 0.717) is 11.6 Å². The van der Waals surface area contributed by atoms with Crippen molar-refractivity contribution in [3.63, 3.8) is 0 Å². The minimum absolute atomic E-state index is 0.191. The highest BCUT2D eigenvalue weighted by atomic mass is 16.6. The van der Waals surface area contributed by atoms with Gasteiger partial charge in [0.05, 0.1) is 4.92 Å². The van der Waals surface area contributed by atoms with Gasteiger partial charge in [0.15, 0.2) is 0 Å². The zero-order valence-electron chi connectivity index (χ0n) is 11.0. The molecule has 0 saturated carbocycles. The molecule has 5 nitrogen and oxygen atoms in total. The van der Waals surface area contributed by atoms with Crippen LogP contribution in [0.25, 0.3) is 0 Å². The van der Waals surface area contributed by atoms with Crippen LogP contribution in [0.5, 0.6) is 0 Å². The average molecular weight is 249 g/mol. The van der Waals surface area contributed by atoms with Crippen molar-refractivity contribution in [2.24, 2.45) is 0 Å². The Balaban J connectivity index is 2.21. The van der Waals surface area contributed by atoms with Crippen LogP contribution >= 0.6 is 0 Å². The maximum atomic E-state index is 10.9. The second-order valence-electron chi connectivity index (χ2n) is 4.96. The fourth-order valence-corrected chi connectivity index (χ4v) is 2.20. The molecule has 0 amide bonds. The zero-order valence-corrected chi connectivity index (χ0v) is 11.0. The first kappa shape index (κ1) is 13.0. The number of hydrogen-bond acceptors (Lipinski definition) is 4. The fourth-order valence-electron chi connectivity index (χ4n) is 2.20. The number of hydrogen-bond donors (Lipinski definition) is 1. The Morgan fingerprint density at radius 3 is 2.67 bits per heavy atom. The summed E-state index contributed by atoms with van der Waals surface area (Å²) in [7, 11) is 2.07. The number of nitrogens with one attached hydrogen (secondary N) is 1. The van der Waals surface area contributed by atoms with Gasteiger partial charge >= 0.3 is 0 Å². The normalized spacial score (nSPS) is 17.6. The molecule has 1 aromatic carbocycles. The van der Waals surface area contributed by atoms with E-state index in [2.05, 4.69) is 24.2 Å². The molecule has 1 atom stereocenters. The first-order valence-electron chi connectivity index (χ1n) is 6.18. The number of aryl methyl sites for hydroxylation is 1. The van der Waals surface area contributed by atoms with Crippen LogP contribution in [0.4, 0.5) is 5.69 Å². The van der Waals surface area contributed by atoms with Gasteiger partial charge in [-0.15, -0.1) is 0 Å². The van der Waals surface area contributed by atoms with Crippen molar-refractivity contribution in [3.05, 3.63) is 39.4 Å². The van der Waals surface area contributed by atoms with Crippen molar-refractivity contribution < 1.29 is 4.92 Å². The Hall–Kier alpha value is -1.46. The zero-order chi connectivity index (χ0) is 13.3. The lowest BCUT2D eigenvalue weighted by Crippen LogP contribution is -2.56. The van der Waals surface area contributed by atoms with Crippen molar-refractivity contribution in [1.82, 2.24) is 10.2 Å². The minimum Gasteiger partial charge on any atom is -0.314 e. The van der Waals surface area contributed by atoms with Gasteiger partial charge in [-0.05, 0) is 26.5 Å². The standard InChI is InChI=1S/C13H19N3O2/c1-9-4-5-11(6-13(9)16(17)18)10(2)15(3)12-7-14-8-12/h4-6,10,12,14H,7-8H2,1-3H3. The number of benzene rings is 1. The molecule has 0 spiro atoms. The van der Waals surface area contributed by atoms with E-state index in [-0.39, 0.29) is 16.7 Å². The lowest BCUT2D eigenvalue weighted by Gasteiger charge is -2.39. The van der Waals surface area contributed by atoms with Gasteiger partial charge in [-0.2, -0.15) is 0 Å². The summed E-state index contributed by atoms with van der Waals surface area (Å²) in [6.07, 6.45) is 0. The molecule has 18 heavy (non-hydrogen) atoms. The molecule has 1 saturated heterocycles. The van der Waals surface area contributed by atoms with E-state index in [1.54, 1.807) is 13.0 Å². The molecule has 1 N–H and O–H groups in total. The molecule has 5 heteroatoms. The minimum atomic E-state index is -0.309. The van der Waals surface area contributed by atoms with Crippen molar-refractivity contribution in [2.45, 2.75) is 25.9 Å². The Morgan fingerprint density at radius 2 is 2.17 bits per heavy atom. The van der Waals surface area contributed by atoms with E-state index >= 15 is 0 Å². The maximum Gasteiger partial charge on any atom is 0.272 e. The molecule has 1 aliphatic heterocycles. The van der Waals surface area contributed by atoms with E-state index in [1.165, 1.54) is 0 Å². The Morgan fingerprint density at radius 1 is 1.50 bits per heavy atom. The van der Waals surface area contributed by atoms with Gasteiger partial charge in [-0.25, -0.2) is 0 Å². The second kappa shape index (κ2) is 5.04. The summed E-state index contributed by atoms with van der Waals surface area (Å²) in [6.45, 7) is 5.85. The number of rotatable bonds is 4. The molecule has 0 bridgehead atoms. The monoisotopic (exact) mass is 249 g/mol. The summed E-state index contributed by atoms with van der Waals surface area (Å²) in [4.78, 5) is 12.9. The summed E-state index contributed by atoms with van der Waals surface area (Å²) in [5, 5.41) is 14.2. The highest BCUT2D eigenvalue weighted by molar-refractivity contribution is 5.43. The average Bonchev–Trinajstić information content (AvgIpc) is 2.26. The number of nitro benzene ring substituents is 1. The van der Waals surface area contributed by atoms with Crippen molar-refractivity contribution in [3.8, 4) is 0 Å². The molecule has 0 aliphatic carbocycles. The third kappa shape index (κ3) is 2.37. The van der Waals surface area contributed by atoms with E-state index in [9.17, 15) is 10.1 Å². The Bertz CT molecular complexity index is 458. The van der Waals surface area contributed by atoms with E-state index in [4.69, 9.17) is 0 Å². The van der Waals surface area contributed by atoms with Gasteiger partial charge in [0, 0.05) is 36.8 Å². The summed E-state index contributed by atoms with van der Waals surface area (Å²) >= 11 is 0. The van der Waals surface area contributed by atoms with Crippen molar-refractivity contribution >= 4 is 5.69 Å². The third-order valence-corrected chi connectivity index (χ3v) is 3.86. The van der Waals surface area contributed by atoms with Crippen LogP contribution in [0.1, 0.15) is 24.1 Å². The van der Waals surface area contributed by atoms with Crippen LogP contribution in [-0.4, -0.2) is 36.0 Å². The summed E-state index contributed by atoms with van der Waals surface area (Å²) in [5.74, 6) is 0. The molecule has 2 rings (SSSR count). The van der Waals surface area contributed by atoms with Crippen molar-refractivity contribution in [1.29, 1.82) is 0 Å². The van der Waals surface area contributed by atoms with Gasteiger partial charge in [-0.1, -0.05) is 12.1 Å². The third-order valence-electron chi connectivity index (χ3n) is 3.86. The van der Waals surface area contributed by atoms with Gasteiger partial charge in [0.1, 0.15) is 0 Å². The molecule has 1 heterocycles. The molecular formula is C13H19N3O2. The lowest BCUT2D eigenvalue weighted by atomic mass is 10.0. The van der Waals surface area contributed by atoms with E-state index in [0.717, 1.165) is 18.7 Å². The number of nitro groups is 1. The lowest BCUT2D eigenvalue weighted by molar-refractivity contribution is -0.385. The Labute approximate surface area is 107 Å². The van der Waals surface area contributed by atoms with Crippen LogP contribution in [0.3, 0.4) is 0 Å². The molecule has 0 aromatic heterocycles. The topological polar surface area (TPSA) is 58.4 Å². The second-order valence-corrected chi connectivity index (χ2v) is 4.96. The maximum absolute atomic E-state index is 10.9. The van der Waals surface area contributed by atoms with E-state index < -0.39 is 0 Å². The molecule has 1 aromatic rings. The number of nitrogens with zero attached hydrogens (tertiary/aromatic N) is 2. The molecule has 1 unspecified atom stereocenters. The van der Waals surface area contributed by atoms with Gasteiger partial charge in [-0.3, -0.25) is 15.0 Å². The predicted molar refractivity (Wildman–Crippen MR) is 70.7 cm³/mol. The fraction of sp³-hybridized carbons (Fsp3) is 0.538. The summed E-state index contributed by atoms with van der Waals surface area (Å²) in [5.41, 5.74) is 1.92. The molecule has 98 valence electrons. The molecule has 1 fully saturated rings. The molecule has 1 aliphatic rings. The van der Waals surface area contributed by atoms with Crippen LogP contribution in [0, 0.1) is 17.0 Å². The van der Waals surface area contributed by atoms with Crippen LogP contribution in [-0.2, 0) is 0 Å². The Kier molecular flexibility index (Phi) is 3.63.